The number of fused-ring (bicyclic) bond motifs is 1. The van der Waals surface area contributed by atoms with Crippen LogP contribution >= 0.6 is 0 Å². The molecule has 1 aromatic carbocycles. The van der Waals surface area contributed by atoms with E-state index in [-0.39, 0.29) is 0 Å². The monoisotopic (exact) mass is 271 g/mol. The smallest absolute Gasteiger partial charge is 0.198 e. The lowest BCUT2D eigenvalue weighted by Gasteiger charge is -2.30. The molecule has 2 fully saturated rings. The highest BCUT2D eigenvalue weighted by Crippen LogP contribution is 2.40. The van der Waals surface area contributed by atoms with Crippen molar-refractivity contribution in [1.29, 1.82) is 0 Å². The van der Waals surface area contributed by atoms with Crippen LogP contribution in [0.25, 0.3) is 11.1 Å². The van der Waals surface area contributed by atoms with Crippen molar-refractivity contribution in [2.45, 2.75) is 37.6 Å². The summed E-state index contributed by atoms with van der Waals surface area (Å²) in [5.74, 6) is 1.50. The van der Waals surface area contributed by atoms with Crippen LogP contribution in [-0.4, -0.2) is 36.1 Å². The SMILES string of the molecule is CN1CCCC(Nc2ccc3oc(C4CC4)nc3c2)C1. The number of likely N-dealkylation sites (tertiary alicyclic amines) is 1. The Morgan fingerprint density at radius 1 is 1.30 bits per heavy atom. The molecule has 2 aliphatic rings. The highest BCUT2D eigenvalue weighted by atomic mass is 16.3. The molecule has 0 spiro atoms. The number of piperidine rings is 1. The van der Waals surface area contributed by atoms with Crippen molar-refractivity contribution in [3.8, 4) is 0 Å². The molecule has 1 aromatic heterocycles. The normalized spacial score (nSPS) is 24.1. The summed E-state index contributed by atoms with van der Waals surface area (Å²) in [6, 6.07) is 6.82. The Kier molecular flexibility index (Phi) is 2.91. The summed E-state index contributed by atoms with van der Waals surface area (Å²) in [4.78, 5) is 7.02. The lowest BCUT2D eigenvalue weighted by molar-refractivity contribution is 0.261. The number of benzene rings is 1. The minimum absolute atomic E-state index is 0.543. The lowest BCUT2D eigenvalue weighted by Crippen LogP contribution is -2.39. The first-order valence-corrected chi connectivity index (χ1v) is 7.63. The van der Waals surface area contributed by atoms with Gasteiger partial charge in [0.2, 0.25) is 0 Å². The molecule has 0 bridgehead atoms. The predicted molar refractivity (Wildman–Crippen MR) is 80.1 cm³/mol. The van der Waals surface area contributed by atoms with Gasteiger partial charge in [-0.2, -0.15) is 0 Å². The molecule has 1 saturated heterocycles. The Balaban J connectivity index is 1.53. The van der Waals surface area contributed by atoms with Gasteiger partial charge in [-0.3, -0.25) is 0 Å². The number of aromatic nitrogens is 1. The molecule has 1 aliphatic heterocycles. The average Bonchev–Trinajstić information content (AvgIpc) is 3.19. The molecule has 20 heavy (non-hydrogen) atoms. The number of hydrogen-bond acceptors (Lipinski definition) is 4. The molecular formula is C16H21N3O. The molecular weight excluding hydrogens is 250 g/mol. The van der Waals surface area contributed by atoms with E-state index in [1.165, 1.54) is 32.2 Å². The maximum atomic E-state index is 5.81. The van der Waals surface area contributed by atoms with Gasteiger partial charge in [-0.1, -0.05) is 0 Å². The molecule has 1 aliphatic carbocycles. The molecule has 2 aromatic rings. The Labute approximate surface area is 119 Å². The van der Waals surface area contributed by atoms with Crippen molar-refractivity contribution in [2.24, 2.45) is 0 Å². The highest BCUT2D eigenvalue weighted by Gasteiger charge is 2.29. The number of anilines is 1. The van der Waals surface area contributed by atoms with Gasteiger partial charge in [-0.15, -0.1) is 0 Å². The fourth-order valence-electron chi connectivity index (χ4n) is 3.06. The summed E-state index contributed by atoms with van der Waals surface area (Å²) in [7, 11) is 2.19. The van der Waals surface area contributed by atoms with Gasteiger partial charge < -0.3 is 14.6 Å². The van der Waals surface area contributed by atoms with Gasteiger partial charge in [0.15, 0.2) is 11.5 Å². The minimum Gasteiger partial charge on any atom is -0.440 e. The maximum Gasteiger partial charge on any atom is 0.198 e. The quantitative estimate of drug-likeness (QED) is 0.930. The van der Waals surface area contributed by atoms with Gasteiger partial charge in [0.25, 0.3) is 0 Å². The molecule has 0 amide bonds. The first-order chi connectivity index (χ1) is 9.78. The van der Waals surface area contributed by atoms with Gasteiger partial charge in [-0.25, -0.2) is 4.98 Å². The molecule has 0 radical (unpaired) electrons. The van der Waals surface area contributed by atoms with Crippen LogP contribution in [0.3, 0.4) is 0 Å². The summed E-state index contributed by atoms with van der Waals surface area (Å²) in [5, 5.41) is 3.63. The number of nitrogens with zero attached hydrogens (tertiary/aromatic N) is 2. The van der Waals surface area contributed by atoms with Gasteiger partial charge in [0.1, 0.15) is 5.52 Å². The van der Waals surface area contributed by atoms with E-state index in [1.54, 1.807) is 0 Å². The van der Waals surface area contributed by atoms with Crippen LogP contribution in [0.4, 0.5) is 5.69 Å². The fourth-order valence-corrected chi connectivity index (χ4v) is 3.06. The molecule has 4 heteroatoms. The van der Waals surface area contributed by atoms with E-state index in [0.717, 1.165) is 29.2 Å². The summed E-state index contributed by atoms with van der Waals surface area (Å²) >= 11 is 0. The van der Waals surface area contributed by atoms with E-state index in [1.807, 2.05) is 6.07 Å². The van der Waals surface area contributed by atoms with Crippen molar-refractivity contribution in [3.63, 3.8) is 0 Å². The molecule has 106 valence electrons. The highest BCUT2D eigenvalue weighted by molar-refractivity contribution is 5.77. The summed E-state index contributed by atoms with van der Waals surface area (Å²) in [6.07, 6.45) is 4.97. The summed E-state index contributed by atoms with van der Waals surface area (Å²) in [5.41, 5.74) is 3.06. The second-order valence-corrected chi connectivity index (χ2v) is 6.25. The maximum absolute atomic E-state index is 5.81. The van der Waals surface area contributed by atoms with Crippen molar-refractivity contribution in [2.75, 3.05) is 25.5 Å². The van der Waals surface area contributed by atoms with E-state index < -0.39 is 0 Å². The van der Waals surface area contributed by atoms with Crippen molar-refractivity contribution in [3.05, 3.63) is 24.1 Å². The standard InChI is InChI=1S/C16H21N3O/c1-19-8-2-3-13(10-19)17-12-6-7-15-14(9-12)18-16(20-15)11-4-5-11/h6-7,9,11,13,17H,2-5,8,10H2,1H3. The van der Waals surface area contributed by atoms with Crippen LogP contribution in [0.15, 0.2) is 22.6 Å². The number of oxazole rings is 1. The van der Waals surface area contributed by atoms with Crippen LogP contribution in [0.2, 0.25) is 0 Å². The van der Waals surface area contributed by atoms with Crippen LogP contribution in [-0.2, 0) is 0 Å². The summed E-state index contributed by atoms with van der Waals surface area (Å²) in [6.45, 7) is 2.33. The summed E-state index contributed by atoms with van der Waals surface area (Å²) < 4.78 is 5.81. The molecule has 4 nitrogen and oxygen atoms in total. The first-order valence-electron chi connectivity index (χ1n) is 7.63. The third-order valence-electron chi connectivity index (χ3n) is 4.33. The molecule has 1 N–H and O–H groups in total. The number of likely N-dealkylation sites (N-methyl/N-ethyl adjacent to an activating group) is 1. The zero-order valence-corrected chi connectivity index (χ0v) is 11.9. The first kappa shape index (κ1) is 12.2. The Morgan fingerprint density at radius 2 is 2.20 bits per heavy atom. The third kappa shape index (κ3) is 2.40. The van der Waals surface area contributed by atoms with Crippen LogP contribution in [0.1, 0.15) is 37.5 Å². The van der Waals surface area contributed by atoms with Crippen molar-refractivity contribution < 1.29 is 4.42 Å². The Bertz CT molecular complexity index is 617. The van der Waals surface area contributed by atoms with E-state index >= 15 is 0 Å². The van der Waals surface area contributed by atoms with Gasteiger partial charge in [-0.05, 0) is 57.5 Å². The number of nitrogens with one attached hydrogen (secondary N) is 1. The largest absolute Gasteiger partial charge is 0.440 e. The Hall–Kier alpha value is -1.55. The van der Waals surface area contributed by atoms with Gasteiger partial charge >= 0.3 is 0 Å². The second kappa shape index (κ2) is 4.77. The second-order valence-electron chi connectivity index (χ2n) is 6.25. The number of rotatable bonds is 3. The molecule has 1 unspecified atom stereocenters. The third-order valence-corrected chi connectivity index (χ3v) is 4.33. The van der Waals surface area contributed by atoms with Gasteiger partial charge in [0, 0.05) is 24.2 Å². The van der Waals surface area contributed by atoms with Crippen LogP contribution < -0.4 is 5.32 Å². The average molecular weight is 271 g/mol. The van der Waals surface area contributed by atoms with E-state index in [2.05, 4.69) is 34.4 Å². The van der Waals surface area contributed by atoms with Crippen molar-refractivity contribution >= 4 is 16.8 Å². The van der Waals surface area contributed by atoms with E-state index in [4.69, 9.17) is 4.42 Å². The zero-order valence-electron chi connectivity index (χ0n) is 11.9. The number of hydrogen-bond donors (Lipinski definition) is 1. The molecule has 4 rings (SSSR count). The molecule has 2 heterocycles. The minimum atomic E-state index is 0.543. The zero-order chi connectivity index (χ0) is 13.5. The van der Waals surface area contributed by atoms with E-state index in [9.17, 15) is 0 Å². The van der Waals surface area contributed by atoms with Crippen LogP contribution in [0, 0.1) is 0 Å². The molecule has 1 atom stereocenters. The van der Waals surface area contributed by atoms with Crippen molar-refractivity contribution in [1.82, 2.24) is 9.88 Å². The lowest BCUT2D eigenvalue weighted by atomic mass is 10.1. The van der Waals surface area contributed by atoms with E-state index in [0.29, 0.717) is 12.0 Å². The fraction of sp³-hybridized carbons (Fsp3) is 0.562. The Morgan fingerprint density at radius 3 is 3.00 bits per heavy atom. The molecule has 1 saturated carbocycles. The predicted octanol–water partition coefficient (Wildman–Crippen LogP) is 3.21. The van der Waals surface area contributed by atoms with Gasteiger partial charge in [0.05, 0.1) is 0 Å². The van der Waals surface area contributed by atoms with Crippen LogP contribution in [0.5, 0.6) is 0 Å². The topological polar surface area (TPSA) is 41.3 Å².